The number of fused-ring (bicyclic) bond motifs is 1. The molecule has 0 saturated carbocycles. The fourth-order valence-electron chi connectivity index (χ4n) is 2.49. The van der Waals surface area contributed by atoms with E-state index in [1.165, 1.54) is 0 Å². The Morgan fingerprint density at radius 2 is 1.88 bits per heavy atom. The predicted molar refractivity (Wildman–Crippen MR) is 100 cm³/mol. The van der Waals surface area contributed by atoms with Crippen LogP contribution in [0.5, 0.6) is 0 Å². The highest BCUT2D eigenvalue weighted by atomic mass is 79.9. The van der Waals surface area contributed by atoms with Gasteiger partial charge in [-0.3, -0.25) is 9.59 Å². The average molecular weight is 401 g/mol. The molecule has 1 heterocycles. The highest BCUT2D eigenvalue weighted by Gasteiger charge is 2.17. The largest absolute Gasteiger partial charge is 0.345 e. The first kappa shape index (κ1) is 17.2. The predicted octanol–water partition coefficient (Wildman–Crippen LogP) is 3.11. The van der Waals surface area contributed by atoms with Crippen LogP contribution in [-0.2, 0) is 9.59 Å². The van der Waals surface area contributed by atoms with Crippen molar-refractivity contribution in [3.8, 4) is 0 Å². The Morgan fingerprint density at radius 1 is 1.16 bits per heavy atom. The number of para-hydroxylation sites is 3. The van der Waals surface area contributed by atoms with Crippen LogP contribution in [-0.4, -0.2) is 27.9 Å². The zero-order valence-corrected chi connectivity index (χ0v) is 15.2. The van der Waals surface area contributed by atoms with Gasteiger partial charge in [-0.25, -0.2) is 4.98 Å². The molecule has 0 aliphatic rings. The van der Waals surface area contributed by atoms with Crippen molar-refractivity contribution < 1.29 is 9.59 Å². The van der Waals surface area contributed by atoms with Gasteiger partial charge in [0, 0.05) is 4.47 Å². The number of rotatable bonds is 5. The topological polar surface area (TPSA) is 76.0 Å². The molecule has 3 aromatic rings. The van der Waals surface area contributed by atoms with Crippen LogP contribution in [0.15, 0.2) is 59.3 Å². The second kappa shape index (κ2) is 7.48. The van der Waals surface area contributed by atoms with E-state index in [1.807, 2.05) is 42.5 Å². The minimum atomic E-state index is -0.469. The van der Waals surface area contributed by atoms with E-state index in [0.29, 0.717) is 5.69 Å². The number of amides is 2. The van der Waals surface area contributed by atoms with Crippen molar-refractivity contribution in [3.05, 3.63) is 59.3 Å². The van der Waals surface area contributed by atoms with Gasteiger partial charge in [0.15, 0.2) is 0 Å². The van der Waals surface area contributed by atoms with Crippen LogP contribution >= 0.6 is 15.9 Å². The van der Waals surface area contributed by atoms with Crippen molar-refractivity contribution >= 4 is 44.5 Å². The number of aromatic nitrogens is 2. The van der Waals surface area contributed by atoms with E-state index in [0.717, 1.165) is 15.5 Å². The number of nitrogens with zero attached hydrogens (tertiary/aromatic N) is 2. The maximum absolute atomic E-state index is 12.4. The van der Waals surface area contributed by atoms with Crippen LogP contribution in [0.4, 0.5) is 5.69 Å². The lowest BCUT2D eigenvalue weighted by Gasteiger charge is -2.14. The second-order valence-electron chi connectivity index (χ2n) is 5.56. The molecule has 1 unspecified atom stereocenters. The van der Waals surface area contributed by atoms with Gasteiger partial charge in [0.1, 0.15) is 6.04 Å². The van der Waals surface area contributed by atoms with E-state index in [1.54, 1.807) is 23.9 Å². The van der Waals surface area contributed by atoms with Gasteiger partial charge in [-0.1, -0.05) is 24.3 Å². The summed E-state index contributed by atoms with van der Waals surface area (Å²) in [6.07, 6.45) is 1.63. The molecule has 0 spiro atoms. The summed E-state index contributed by atoms with van der Waals surface area (Å²) in [5, 5.41) is 5.41. The summed E-state index contributed by atoms with van der Waals surface area (Å²) < 4.78 is 2.57. The Kier molecular flexibility index (Phi) is 5.14. The fraction of sp³-hybridized carbons (Fsp3) is 0.167. The number of imidazole rings is 1. The molecule has 1 atom stereocenters. The van der Waals surface area contributed by atoms with E-state index in [4.69, 9.17) is 0 Å². The number of hydrogen-bond acceptors (Lipinski definition) is 3. The molecule has 0 saturated heterocycles. The van der Waals surface area contributed by atoms with Gasteiger partial charge in [0.25, 0.3) is 0 Å². The summed E-state index contributed by atoms with van der Waals surface area (Å²) in [6, 6.07) is 14.4. The van der Waals surface area contributed by atoms with Crippen LogP contribution in [0.2, 0.25) is 0 Å². The zero-order valence-electron chi connectivity index (χ0n) is 13.6. The number of anilines is 1. The van der Waals surface area contributed by atoms with Crippen molar-refractivity contribution in [1.29, 1.82) is 0 Å². The maximum Gasteiger partial charge on any atom is 0.243 e. The van der Waals surface area contributed by atoms with Crippen molar-refractivity contribution in [2.75, 3.05) is 11.9 Å². The zero-order chi connectivity index (χ0) is 17.8. The molecule has 25 heavy (non-hydrogen) atoms. The van der Waals surface area contributed by atoms with Gasteiger partial charge in [-0.05, 0) is 47.1 Å². The molecule has 2 amide bonds. The smallest absolute Gasteiger partial charge is 0.243 e. The Labute approximate surface area is 153 Å². The molecule has 0 bridgehead atoms. The first-order chi connectivity index (χ1) is 12.1. The second-order valence-corrected chi connectivity index (χ2v) is 6.42. The van der Waals surface area contributed by atoms with E-state index >= 15 is 0 Å². The molecule has 0 aliphatic heterocycles. The number of hydrogen-bond donors (Lipinski definition) is 2. The van der Waals surface area contributed by atoms with Gasteiger partial charge >= 0.3 is 0 Å². The lowest BCUT2D eigenvalue weighted by atomic mass is 10.2. The van der Waals surface area contributed by atoms with Crippen molar-refractivity contribution in [1.82, 2.24) is 14.9 Å². The Hall–Kier alpha value is -2.67. The van der Waals surface area contributed by atoms with Crippen LogP contribution < -0.4 is 10.6 Å². The number of benzene rings is 2. The summed E-state index contributed by atoms with van der Waals surface area (Å²) in [5.41, 5.74) is 2.37. The molecule has 7 heteroatoms. The summed E-state index contributed by atoms with van der Waals surface area (Å²) in [5.74, 6) is -0.534. The summed E-state index contributed by atoms with van der Waals surface area (Å²) >= 11 is 3.36. The standard InChI is InChI=1S/C18H17BrN4O2/c1-12(23-11-21-15-8-4-5-9-16(15)23)18(25)20-10-17(24)22-14-7-3-2-6-13(14)19/h2-9,11-12H,10H2,1H3,(H,20,25)(H,22,24). The van der Waals surface area contributed by atoms with E-state index in [-0.39, 0.29) is 18.4 Å². The Bertz CT molecular complexity index is 922. The van der Waals surface area contributed by atoms with Crippen molar-refractivity contribution in [2.45, 2.75) is 13.0 Å². The molecule has 1 aromatic heterocycles. The minimum Gasteiger partial charge on any atom is -0.345 e. The SMILES string of the molecule is CC(C(=O)NCC(=O)Nc1ccccc1Br)n1cnc2ccccc21. The van der Waals surface area contributed by atoms with Crippen molar-refractivity contribution in [2.24, 2.45) is 0 Å². The molecule has 128 valence electrons. The highest BCUT2D eigenvalue weighted by molar-refractivity contribution is 9.10. The van der Waals surface area contributed by atoms with E-state index in [9.17, 15) is 9.59 Å². The maximum atomic E-state index is 12.4. The Morgan fingerprint density at radius 3 is 2.68 bits per heavy atom. The summed E-state index contributed by atoms with van der Waals surface area (Å²) in [4.78, 5) is 28.7. The van der Waals surface area contributed by atoms with E-state index in [2.05, 4.69) is 31.5 Å². The monoisotopic (exact) mass is 400 g/mol. The van der Waals surface area contributed by atoms with Gasteiger partial charge in [0.2, 0.25) is 11.8 Å². The molecule has 0 aliphatic carbocycles. The molecule has 0 fully saturated rings. The van der Waals surface area contributed by atoms with Crippen LogP contribution in [0.25, 0.3) is 11.0 Å². The van der Waals surface area contributed by atoms with E-state index < -0.39 is 6.04 Å². The fourth-order valence-corrected chi connectivity index (χ4v) is 2.87. The number of nitrogens with one attached hydrogen (secondary N) is 2. The minimum absolute atomic E-state index is 0.100. The summed E-state index contributed by atoms with van der Waals surface area (Å²) in [7, 11) is 0. The molecule has 2 aromatic carbocycles. The highest BCUT2D eigenvalue weighted by Crippen LogP contribution is 2.21. The van der Waals surface area contributed by atoms with Gasteiger partial charge < -0.3 is 15.2 Å². The van der Waals surface area contributed by atoms with Crippen molar-refractivity contribution in [3.63, 3.8) is 0 Å². The first-order valence-electron chi connectivity index (χ1n) is 7.80. The lowest BCUT2D eigenvalue weighted by molar-refractivity contribution is -0.126. The van der Waals surface area contributed by atoms with Gasteiger partial charge in [-0.2, -0.15) is 0 Å². The van der Waals surface area contributed by atoms with Crippen LogP contribution in [0.1, 0.15) is 13.0 Å². The quantitative estimate of drug-likeness (QED) is 0.690. The molecule has 6 nitrogen and oxygen atoms in total. The third-order valence-corrected chi connectivity index (χ3v) is 4.54. The third-order valence-electron chi connectivity index (χ3n) is 3.85. The number of carbonyl (C=O) groups excluding carboxylic acids is 2. The van der Waals surface area contributed by atoms with Gasteiger partial charge in [0.05, 0.1) is 29.6 Å². The number of carbonyl (C=O) groups is 2. The van der Waals surface area contributed by atoms with Crippen LogP contribution in [0, 0.1) is 0 Å². The summed E-state index contributed by atoms with van der Waals surface area (Å²) in [6.45, 7) is 1.67. The average Bonchev–Trinajstić information content (AvgIpc) is 3.05. The first-order valence-corrected chi connectivity index (χ1v) is 8.59. The molecule has 0 radical (unpaired) electrons. The third kappa shape index (κ3) is 3.88. The normalized spacial score (nSPS) is 11.9. The Balaban J connectivity index is 1.60. The molecular formula is C18H17BrN4O2. The van der Waals surface area contributed by atoms with Gasteiger partial charge in [-0.15, -0.1) is 0 Å². The lowest BCUT2D eigenvalue weighted by Crippen LogP contribution is -2.36. The molecular weight excluding hydrogens is 384 g/mol. The van der Waals surface area contributed by atoms with Crippen LogP contribution in [0.3, 0.4) is 0 Å². The molecule has 3 rings (SSSR count). The number of halogens is 1. The molecule has 2 N–H and O–H groups in total.